The van der Waals surface area contributed by atoms with E-state index < -0.39 is 16.1 Å². The van der Waals surface area contributed by atoms with Gasteiger partial charge in [-0.05, 0) is 49.6 Å². The molecule has 0 saturated heterocycles. The number of amides is 2. The van der Waals surface area contributed by atoms with Gasteiger partial charge in [0, 0.05) is 37.1 Å². The molecule has 38 heavy (non-hydrogen) atoms. The van der Waals surface area contributed by atoms with Gasteiger partial charge >= 0.3 is 0 Å². The van der Waals surface area contributed by atoms with Gasteiger partial charge in [0.1, 0.15) is 19.3 Å². The maximum absolute atomic E-state index is 13.4. The number of nitrogens with zero attached hydrogens (tertiary/aromatic N) is 2. The summed E-state index contributed by atoms with van der Waals surface area (Å²) in [5.74, 6) is 0.558. The van der Waals surface area contributed by atoms with E-state index in [4.69, 9.17) is 21.1 Å². The van der Waals surface area contributed by atoms with Gasteiger partial charge in [0.25, 0.3) is 0 Å². The predicted molar refractivity (Wildman–Crippen MR) is 148 cm³/mol. The molecule has 2 aromatic carbocycles. The van der Waals surface area contributed by atoms with Crippen LogP contribution in [-0.2, 0) is 26.2 Å². The highest BCUT2D eigenvalue weighted by molar-refractivity contribution is 7.92. The number of anilines is 1. The lowest BCUT2D eigenvalue weighted by atomic mass is 10.1. The zero-order valence-electron chi connectivity index (χ0n) is 22.1. The summed E-state index contributed by atoms with van der Waals surface area (Å²) in [6, 6.07) is 11.4. The summed E-state index contributed by atoms with van der Waals surface area (Å²) in [6.07, 6.45) is 3.24. The Morgan fingerprint density at radius 3 is 2.50 bits per heavy atom. The number of carbonyl (C=O) groups excluding carboxylic acids is 2. The Labute approximate surface area is 230 Å². The van der Waals surface area contributed by atoms with Gasteiger partial charge in [-0.1, -0.05) is 37.1 Å². The minimum absolute atomic E-state index is 0.0592. The Morgan fingerprint density at radius 1 is 1.08 bits per heavy atom. The zero-order valence-corrected chi connectivity index (χ0v) is 23.7. The van der Waals surface area contributed by atoms with Crippen molar-refractivity contribution in [2.45, 2.75) is 52.1 Å². The van der Waals surface area contributed by atoms with E-state index in [0.29, 0.717) is 42.0 Å². The van der Waals surface area contributed by atoms with E-state index in [1.165, 1.54) is 9.21 Å². The first-order chi connectivity index (χ1) is 18.1. The third-order valence-corrected chi connectivity index (χ3v) is 7.63. The third-order valence-electron chi connectivity index (χ3n) is 6.20. The fourth-order valence-electron chi connectivity index (χ4n) is 4.14. The number of ether oxygens (including phenoxy) is 2. The molecule has 1 aliphatic rings. The van der Waals surface area contributed by atoms with Gasteiger partial charge in [-0.2, -0.15) is 0 Å². The molecule has 11 heteroatoms. The zero-order chi connectivity index (χ0) is 27.7. The molecule has 0 bridgehead atoms. The molecule has 2 amide bonds. The number of benzene rings is 2. The first kappa shape index (κ1) is 29.6. The van der Waals surface area contributed by atoms with Crippen LogP contribution in [0.3, 0.4) is 0 Å². The van der Waals surface area contributed by atoms with Crippen molar-refractivity contribution in [3.8, 4) is 11.5 Å². The fourth-order valence-corrected chi connectivity index (χ4v) is 5.31. The van der Waals surface area contributed by atoms with Crippen molar-refractivity contribution in [1.82, 2.24) is 10.2 Å². The molecule has 0 radical (unpaired) electrons. The van der Waals surface area contributed by atoms with Crippen molar-refractivity contribution in [1.29, 1.82) is 0 Å². The normalized spacial score (nSPS) is 13.5. The van der Waals surface area contributed by atoms with Crippen LogP contribution in [0.25, 0.3) is 0 Å². The van der Waals surface area contributed by atoms with Crippen molar-refractivity contribution < 1.29 is 27.5 Å². The largest absolute Gasteiger partial charge is 0.486 e. The van der Waals surface area contributed by atoms with Gasteiger partial charge in [0.15, 0.2) is 11.5 Å². The standard InChI is InChI=1S/C27H36ClN3O6S/c1-4-5-13-29-27(33)20(2)30(19-21-8-6-9-22(28)17-21)26(32)10-7-14-31(38(3,34)35)23-11-12-24-25(18-23)37-16-15-36-24/h6,8-9,11-12,17-18,20H,4-5,7,10,13-16,19H2,1-3H3,(H,29,33)/t20-/m0/s1. The lowest BCUT2D eigenvalue weighted by Crippen LogP contribution is -2.48. The van der Waals surface area contributed by atoms with E-state index >= 15 is 0 Å². The number of unbranched alkanes of at least 4 members (excludes halogenated alkanes) is 1. The molecule has 3 rings (SSSR count). The summed E-state index contributed by atoms with van der Waals surface area (Å²) < 4.78 is 37.6. The smallest absolute Gasteiger partial charge is 0.242 e. The Kier molecular flexibility index (Phi) is 10.7. The molecule has 1 N–H and O–H groups in total. The predicted octanol–water partition coefficient (Wildman–Crippen LogP) is 3.99. The summed E-state index contributed by atoms with van der Waals surface area (Å²) in [7, 11) is -3.63. The van der Waals surface area contributed by atoms with Gasteiger partial charge in [-0.15, -0.1) is 0 Å². The van der Waals surface area contributed by atoms with Gasteiger partial charge in [0.2, 0.25) is 21.8 Å². The number of hydrogen-bond acceptors (Lipinski definition) is 6. The number of nitrogens with one attached hydrogen (secondary N) is 1. The van der Waals surface area contributed by atoms with Crippen LogP contribution in [0.2, 0.25) is 5.02 Å². The second kappa shape index (κ2) is 13.7. The van der Waals surface area contributed by atoms with E-state index in [2.05, 4.69) is 5.32 Å². The SMILES string of the molecule is CCCCNC(=O)[C@H](C)N(Cc1cccc(Cl)c1)C(=O)CCCN(c1ccc2c(c1)OCCO2)S(C)(=O)=O. The fraction of sp³-hybridized carbons (Fsp3) is 0.481. The molecule has 0 unspecified atom stereocenters. The summed E-state index contributed by atoms with van der Waals surface area (Å²) in [6.45, 7) is 5.39. The topological polar surface area (TPSA) is 105 Å². The molecule has 0 aliphatic carbocycles. The minimum atomic E-state index is -3.63. The van der Waals surface area contributed by atoms with Crippen LogP contribution in [0, 0.1) is 0 Å². The minimum Gasteiger partial charge on any atom is -0.486 e. The van der Waals surface area contributed by atoms with Crippen molar-refractivity contribution in [2.24, 2.45) is 0 Å². The number of hydrogen-bond donors (Lipinski definition) is 1. The quantitative estimate of drug-likeness (QED) is 0.368. The number of carbonyl (C=O) groups is 2. The lowest BCUT2D eigenvalue weighted by Gasteiger charge is -2.29. The first-order valence-electron chi connectivity index (χ1n) is 12.8. The number of halogens is 1. The molecule has 9 nitrogen and oxygen atoms in total. The molecule has 1 heterocycles. The van der Waals surface area contributed by atoms with Crippen molar-refractivity contribution in [2.75, 3.05) is 36.9 Å². The maximum atomic E-state index is 13.4. The Morgan fingerprint density at radius 2 is 1.82 bits per heavy atom. The molecule has 0 fully saturated rings. The molecule has 2 aromatic rings. The van der Waals surface area contributed by atoms with E-state index in [1.54, 1.807) is 43.3 Å². The van der Waals surface area contributed by atoms with Gasteiger partial charge in [0.05, 0.1) is 11.9 Å². The highest BCUT2D eigenvalue weighted by Gasteiger charge is 2.27. The average molecular weight is 566 g/mol. The van der Waals surface area contributed by atoms with Crippen LogP contribution < -0.4 is 19.1 Å². The molecule has 0 saturated carbocycles. The lowest BCUT2D eigenvalue weighted by molar-refractivity contribution is -0.140. The van der Waals surface area contributed by atoms with Crippen molar-refractivity contribution in [3.05, 3.63) is 53.1 Å². The van der Waals surface area contributed by atoms with Crippen LogP contribution in [0.4, 0.5) is 5.69 Å². The van der Waals surface area contributed by atoms with Gasteiger partial charge < -0.3 is 19.7 Å². The second-order valence-corrected chi connectivity index (χ2v) is 11.6. The molecule has 0 aromatic heterocycles. The van der Waals surface area contributed by atoms with Crippen LogP contribution in [-0.4, -0.2) is 63.7 Å². The van der Waals surface area contributed by atoms with E-state index in [9.17, 15) is 18.0 Å². The molecule has 0 spiro atoms. The molecule has 208 valence electrons. The average Bonchev–Trinajstić information content (AvgIpc) is 2.88. The van der Waals surface area contributed by atoms with Crippen molar-refractivity contribution >= 4 is 39.1 Å². The highest BCUT2D eigenvalue weighted by Crippen LogP contribution is 2.34. The van der Waals surface area contributed by atoms with Gasteiger partial charge in [-0.25, -0.2) is 8.42 Å². The van der Waals surface area contributed by atoms with Crippen LogP contribution in [0.5, 0.6) is 11.5 Å². The summed E-state index contributed by atoms with van der Waals surface area (Å²) in [5, 5.41) is 3.43. The van der Waals surface area contributed by atoms with E-state index in [1.807, 2.05) is 13.0 Å². The maximum Gasteiger partial charge on any atom is 0.242 e. The molecule has 1 atom stereocenters. The highest BCUT2D eigenvalue weighted by atomic mass is 35.5. The van der Waals surface area contributed by atoms with Crippen LogP contribution in [0.15, 0.2) is 42.5 Å². The van der Waals surface area contributed by atoms with Crippen molar-refractivity contribution in [3.63, 3.8) is 0 Å². The number of fused-ring (bicyclic) bond motifs is 1. The molecular formula is C27H36ClN3O6S. The number of rotatable bonds is 13. The monoisotopic (exact) mass is 565 g/mol. The Balaban J connectivity index is 1.72. The second-order valence-electron chi connectivity index (χ2n) is 9.24. The molecular weight excluding hydrogens is 530 g/mol. The van der Waals surface area contributed by atoms with Crippen LogP contribution >= 0.6 is 11.6 Å². The summed E-state index contributed by atoms with van der Waals surface area (Å²) in [4.78, 5) is 27.7. The van der Waals surface area contributed by atoms with Crippen LogP contribution in [0.1, 0.15) is 45.1 Å². The first-order valence-corrected chi connectivity index (χ1v) is 15.0. The summed E-state index contributed by atoms with van der Waals surface area (Å²) >= 11 is 6.14. The molecule has 1 aliphatic heterocycles. The summed E-state index contributed by atoms with van der Waals surface area (Å²) in [5.41, 5.74) is 1.23. The van der Waals surface area contributed by atoms with E-state index in [-0.39, 0.29) is 37.7 Å². The number of sulfonamides is 1. The van der Waals surface area contributed by atoms with E-state index in [0.717, 1.165) is 24.7 Å². The Hall–Kier alpha value is -2.98. The Bertz CT molecular complexity index is 1220. The third kappa shape index (κ3) is 8.26. The van der Waals surface area contributed by atoms with Gasteiger partial charge in [-0.3, -0.25) is 13.9 Å².